The van der Waals surface area contributed by atoms with E-state index < -0.39 is 0 Å². The summed E-state index contributed by atoms with van der Waals surface area (Å²) in [5.74, 6) is 1.67. The highest BCUT2D eigenvalue weighted by Crippen LogP contribution is 2.15. The molecule has 0 saturated heterocycles. The average molecular weight is 309 g/mol. The summed E-state index contributed by atoms with van der Waals surface area (Å²) < 4.78 is 1.86. The molecule has 2 aromatic rings. The lowest BCUT2D eigenvalue weighted by atomic mass is 10.2. The van der Waals surface area contributed by atoms with Crippen LogP contribution in [0, 0.1) is 12.8 Å². The minimum Gasteiger partial charge on any atom is -0.354 e. The standard InChI is InChI=1S/C15H21ClN4O/c1-10(2)8-17-14(21)9-20-13(6-7-16)19-12-5-4-11(3)18-15(12)20/h4-5,10H,6-9H2,1-3H3,(H,17,21). The number of amides is 1. The SMILES string of the molecule is Cc1ccc2nc(CCCl)n(CC(=O)NCC(C)C)c2n1. The number of hydrogen-bond acceptors (Lipinski definition) is 3. The van der Waals surface area contributed by atoms with Gasteiger partial charge in [0.25, 0.3) is 0 Å². The predicted molar refractivity (Wildman–Crippen MR) is 84.5 cm³/mol. The Morgan fingerprint density at radius 2 is 2.14 bits per heavy atom. The predicted octanol–water partition coefficient (Wildman–Crippen LogP) is 2.29. The molecule has 5 nitrogen and oxygen atoms in total. The molecule has 2 heterocycles. The molecular formula is C15H21ClN4O. The molecule has 1 N–H and O–H groups in total. The van der Waals surface area contributed by atoms with E-state index >= 15 is 0 Å². The highest BCUT2D eigenvalue weighted by Gasteiger charge is 2.14. The average Bonchev–Trinajstić information content (AvgIpc) is 2.75. The number of carbonyl (C=O) groups excluding carboxylic acids is 1. The third-order valence-corrected chi connectivity index (χ3v) is 3.33. The van der Waals surface area contributed by atoms with Crippen LogP contribution in [0.15, 0.2) is 12.1 Å². The van der Waals surface area contributed by atoms with Gasteiger partial charge in [-0.1, -0.05) is 13.8 Å². The molecular weight excluding hydrogens is 288 g/mol. The highest BCUT2D eigenvalue weighted by molar-refractivity contribution is 6.17. The Labute approximate surface area is 129 Å². The van der Waals surface area contributed by atoms with Crippen molar-refractivity contribution in [2.24, 2.45) is 5.92 Å². The van der Waals surface area contributed by atoms with Crippen LogP contribution in [0.4, 0.5) is 0 Å². The Morgan fingerprint density at radius 3 is 2.81 bits per heavy atom. The van der Waals surface area contributed by atoms with Crippen LogP contribution < -0.4 is 5.32 Å². The second-order valence-corrected chi connectivity index (χ2v) is 5.92. The van der Waals surface area contributed by atoms with Gasteiger partial charge < -0.3 is 9.88 Å². The van der Waals surface area contributed by atoms with Crippen molar-refractivity contribution in [3.63, 3.8) is 0 Å². The Morgan fingerprint density at radius 1 is 1.38 bits per heavy atom. The molecule has 0 fully saturated rings. The molecule has 0 aliphatic rings. The lowest BCUT2D eigenvalue weighted by Gasteiger charge is -2.10. The fourth-order valence-electron chi connectivity index (χ4n) is 2.10. The topological polar surface area (TPSA) is 59.8 Å². The molecule has 6 heteroatoms. The highest BCUT2D eigenvalue weighted by atomic mass is 35.5. The van der Waals surface area contributed by atoms with Crippen LogP contribution in [-0.4, -0.2) is 32.9 Å². The van der Waals surface area contributed by atoms with Crippen molar-refractivity contribution in [1.29, 1.82) is 0 Å². The molecule has 0 aliphatic heterocycles. The second-order valence-electron chi connectivity index (χ2n) is 5.55. The normalized spacial score (nSPS) is 11.3. The van der Waals surface area contributed by atoms with Gasteiger partial charge in [-0.05, 0) is 25.0 Å². The first-order chi connectivity index (χ1) is 10.0. The monoisotopic (exact) mass is 308 g/mol. The van der Waals surface area contributed by atoms with Gasteiger partial charge in [0, 0.05) is 24.5 Å². The number of imidazole rings is 1. The third kappa shape index (κ3) is 3.94. The number of carbonyl (C=O) groups is 1. The number of aromatic nitrogens is 3. The summed E-state index contributed by atoms with van der Waals surface area (Å²) >= 11 is 5.83. The third-order valence-electron chi connectivity index (χ3n) is 3.14. The molecule has 2 aromatic heterocycles. The van der Waals surface area contributed by atoms with Crippen molar-refractivity contribution >= 4 is 28.7 Å². The van der Waals surface area contributed by atoms with Crippen molar-refractivity contribution < 1.29 is 4.79 Å². The quantitative estimate of drug-likeness (QED) is 0.833. The fourth-order valence-corrected chi connectivity index (χ4v) is 2.27. The summed E-state index contributed by atoms with van der Waals surface area (Å²) in [5, 5.41) is 2.92. The largest absolute Gasteiger partial charge is 0.354 e. The van der Waals surface area contributed by atoms with Gasteiger partial charge in [0.05, 0.1) is 0 Å². The molecule has 0 aromatic carbocycles. The summed E-state index contributed by atoms with van der Waals surface area (Å²) in [7, 11) is 0. The van der Waals surface area contributed by atoms with E-state index in [9.17, 15) is 4.79 Å². The van der Waals surface area contributed by atoms with E-state index in [4.69, 9.17) is 11.6 Å². The maximum absolute atomic E-state index is 12.1. The first kappa shape index (κ1) is 15.8. The van der Waals surface area contributed by atoms with Crippen molar-refractivity contribution in [2.75, 3.05) is 12.4 Å². The molecule has 0 aliphatic carbocycles. The molecule has 21 heavy (non-hydrogen) atoms. The zero-order valence-electron chi connectivity index (χ0n) is 12.7. The Balaban J connectivity index is 2.29. The van der Waals surface area contributed by atoms with E-state index in [2.05, 4.69) is 29.1 Å². The zero-order chi connectivity index (χ0) is 15.4. The smallest absolute Gasteiger partial charge is 0.240 e. The van der Waals surface area contributed by atoms with E-state index in [0.29, 0.717) is 24.8 Å². The fraction of sp³-hybridized carbons (Fsp3) is 0.533. The number of rotatable bonds is 6. The maximum atomic E-state index is 12.1. The molecule has 0 saturated carbocycles. The zero-order valence-corrected chi connectivity index (χ0v) is 13.4. The molecule has 0 unspecified atom stereocenters. The van der Waals surface area contributed by atoms with E-state index in [0.717, 1.165) is 22.7 Å². The van der Waals surface area contributed by atoms with Crippen LogP contribution >= 0.6 is 11.6 Å². The number of nitrogens with one attached hydrogen (secondary N) is 1. The first-order valence-corrected chi connectivity index (χ1v) is 7.70. The summed E-state index contributed by atoms with van der Waals surface area (Å²) in [4.78, 5) is 21.1. The van der Waals surface area contributed by atoms with Crippen molar-refractivity contribution in [3.8, 4) is 0 Å². The maximum Gasteiger partial charge on any atom is 0.240 e. The number of pyridine rings is 1. The molecule has 0 bridgehead atoms. The lowest BCUT2D eigenvalue weighted by molar-refractivity contribution is -0.121. The molecule has 0 spiro atoms. The van der Waals surface area contributed by atoms with Crippen molar-refractivity contribution in [2.45, 2.75) is 33.7 Å². The van der Waals surface area contributed by atoms with E-state index in [1.807, 2.05) is 23.6 Å². The molecule has 2 rings (SSSR count). The minimum atomic E-state index is -0.0258. The number of aryl methyl sites for hydroxylation is 2. The summed E-state index contributed by atoms with van der Waals surface area (Å²) in [6.45, 7) is 6.96. The number of nitrogens with zero attached hydrogens (tertiary/aromatic N) is 3. The second kappa shape index (κ2) is 6.89. The van der Waals surface area contributed by atoms with Crippen LogP contribution in [0.1, 0.15) is 25.4 Å². The lowest BCUT2D eigenvalue weighted by Crippen LogP contribution is -2.31. The summed E-state index contributed by atoms with van der Waals surface area (Å²) in [5.41, 5.74) is 2.45. The van der Waals surface area contributed by atoms with E-state index in [-0.39, 0.29) is 12.5 Å². The Kier molecular flexibility index (Phi) is 5.17. The van der Waals surface area contributed by atoms with Crippen LogP contribution in [0.3, 0.4) is 0 Å². The summed E-state index contributed by atoms with van der Waals surface area (Å²) in [6, 6.07) is 3.85. The van der Waals surface area contributed by atoms with Crippen LogP contribution in [0.2, 0.25) is 0 Å². The first-order valence-electron chi connectivity index (χ1n) is 7.16. The van der Waals surface area contributed by atoms with Gasteiger partial charge in [0.1, 0.15) is 17.9 Å². The van der Waals surface area contributed by atoms with E-state index in [1.165, 1.54) is 0 Å². The summed E-state index contributed by atoms with van der Waals surface area (Å²) in [6.07, 6.45) is 0.619. The molecule has 0 atom stereocenters. The number of fused-ring (bicyclic) bond motifs is 1. The van der Waals surface area contributed by atoms with Gasteiger partial charge in [-0.2, -0.15) is 0 Å². The van der Waals surface area contributed by atoms with Crippen molar-refractivity contribution in [3.05, 3.63) is 23.7 Å². The number of halogens is 1. The van der Waals surface area contributed by atoms with Crippen LogP contribution in [0.5, 0.6) is 0 Å². The molecule has 1 amide bonds. The van der Waals surface area contributed by atoms with E-state index in [1.54, 1.807) is 0 Å². The van der Waals surface area contributed by atoms with Gasteiger partial charge in [0.2, 0.25) is 5.91 Å². The van der Waals surface area contributed by atoms with Gasteiger partial charge in [0.15, 0.2) is 5.65 Å². The number of hydrogen-bond donors (Lipinski definition) is 1. The number of alkyl halides is 1. The molecule has 0 radical (unpaired) electrons. The molecule has 114 valence electrons. The van der Waals surface area contributed by atoms with Crippen LogP contribution in [-0.2, 0) is 17.8 Å². The van der Waals surface area contributed by atoms with Gasteiger partial charge in [-0.25, -0.2) is 9.97 Å². The Bertz CT molecular complexity index is 636. The van der Waals surface area contributed by atoms with Gasteiger partial charge >= 0.3 is 0 Å². The Hall–Kier alpha value is -1.62. The van der Waals surface area contributed by atoms with Gasteiger partial charge in [-0.3, -0.25) is 4.79 Å². The van der Waals surface area contributed by atoms with Crippen LogP contribution in [0.25, 0.3) is 11.2 Å². The van der Waals surface area contributed by atoms with Gasteiger partial charge in [-0.15, -0.1) is 11.6 Å². The van der Waals surface area contributed by atoms with Crippen molar-refractivity contribution in [1.82, 2.24) is 19.9 Å². The minimum absolute atomic E-state index is 0.0258.